The van der Waals surface area contributed by atoms with Crippen LogP contribution in [0, 0.1) is 0 Å². The van der Waals surface area contributed by atoms with Gasteiger partial charge in [0.2, 0.25) is 0 Å². The van der Waals surface area contributed by atoms with E-state index >= 15 is 0 Å². The second-order valence-corrected chi connectivity index (χ2v) is 6.73. The Balaban J connectivity index is 1.94. The fraction of sp³-hybridized carbons (Fsp3) is 0.200. The highest BCUT2D eigenvalue weighted by Gasteiger charge is 2.15. The number of aryl methyl sites for hydroxylation is 1. The van der Waals surface area contributed by atoms with E-state index in [-0.39, 0.29) is 18.1 Å². The lowest BCUT2D eigenvalue weighted by atomic mass is 9.96. The largest absolute Gasteiger partial charge is 0.488 e. The van der Waals surface area contributed by atoms with Crippen LogP contribution in [-0.2, 0) is 17.8 Å². The zero-order valence-corrected chi connectivity index (χ0v) is 17.1. The summed E-state index contributed by atoms with van der Waals surface area (Å²) in [7, 11) is 0. The highest BCUT2D eigenvalue weighted by Crippen LogP contribution is 2.34. The Bertz CT molecular complexity index is 1040. The van der Waals surface area contributed by atoms with Crippen molar-refractivity contribution in [2.24, 2.45) is 0 Å². The van der Waals surface area contributed by atoms with Crippen molar-refractivity contribution in [3.05, 3.63) is 89.0 Å². The summed E-state index contributed by atoms with van der Waals surface area (Å²) in [6, 6.07) is 19.9. The molecule has 0 aliphatic carbocycles. The second-order valence-electron chi connectivity index (χ2n) is 6.73. The van der Waals surface area contributed by atoms with Crippen LogP contribution in [0.25, 0.3) is 11.1 Å². The first-order valence-corrected chi connectivity index (χ1v) is 9.88. The minimum absolute atomic E-state index is 0.232. The van der Waals surface area contributed by atoms with Gasteiger partial charge in [0.05, 0.1) is 17.7 Å². The molecule has 154 valence electrons. The molecule has 0 saturated heterocycles. The molecule has 30 heavy (non-hydrogen) atoms. The third-order valence-electron chi connectivity index (χ3n) is 4.77. The quantitative estimate of drug-likeness (QED) is 0.511. The Labute approximate surface area is 175 Å². The van der Waals surface area contributed by atoms with Gasteiger partial charge < -0.3 is 14.6 Å². The molecule has 0 atom stereocenters. The summed E-state index contributed by atoms with van der Waals surface area (Å²) in [4.78, 5) is 23.3. The lowest BCUT2D eigenvalue weighted by Crippen LogP contribution is -2.06. The molecule has 0 amide bonds. The Hall–Kier alpha value is -3.60. The van der Waals surface area contributed by atoms with Gasteiger partial charge in [0.15, 0.2) is 0 Å². The number of esters is 1. The Morgan fingerprint density at radius 2 is 1.57 bits per heavy atom. The van der Waals surface area contributed by atoms with Gasteiger partial charge in [0, 0.05) is 5.56 Å². The van der Waals surface area contributed by atoms with Crippen LogP contribution in [0.3, 0.4) is 0 Å². The maximum absolute atomic E-state index is 12.2. The van der Waals surface area contributed by atoms with Crippen LogP contribution in [0.1, 0.15) is 45.7 Å². The topological polar surface area (TPSA) is 72.8 Å². The lowest BCUT2D eigenvalue weighted by Gasteiger charge is -2.16. The predicted octanol–water partition coefficient (Wildman–Crippen LogP) is 5.37. The van der Waals surface area contributed by atoms with Gasteiger partial charge in [-0.15, -0.1) is 0 Å². The fourth-order valence-electron chi connectivity index (χ4n) is 3.20. The van der Waals surface area contributed by atoms with E-state index in [1.807, 2.05) is 18.2 Å². The molecular weight excluding hydrogens is 380 g/mol. The van der Waals surface area contributed by atoms with Crippen molar-refractivity contribution in [2.75, 3.05) is 6.61 Å². The second kappa shape index (κ2) is 9.74. The van der Waals surface area contributed by atoms with Crippen LogP contribution < -0.4 is 4.74 Å². The number of benzene rings is 3. The maximum atomic E-state index is 12.2. The SMILES string of the molecule is CCOC(=O)c1ccc(OCc2ccc(C(=O)O)cc2)c(-c2ccccc2CC)c1. The summed E-state index contributed by atoms with van der Waals surface area (Å²) in [6.07, 6.45) is 0.843. The van der Waals surface area contributed by atoms with Crippen molar-refractivity contribution in [3.63, 3.8) is 0 Å². The van der Waals surface area contributed by atoms with E-state index in [2.05, 4.69) is 13.0 Å². The monoisotopic (exact) mass is 404 g/mol. The molecule has 0 aliphatic rings. The zero-order valence-electron chi connectivity index (χ0n) is 17.1. The fourth-order valence-corrected chi connectivity index (χ4v) is 3.20. The molecule has 0 spiro atoms. The van der Waals surface area contributed by atoms with Crippen LogP contribution in [-0.4, -0.2) is 23.7 Å². The molecule has 0 unspecified atom stereocenters. The van der Waals surface area contributed by atoms with Crippen molar-refractivity contribution in [1.82, 2.24) is 0 Å². The van der Waals surface area contributed by atoms with E-state index in [0.717, 1.165) is 28.7 Å². The van der Waals surface area contributed by atoms with Crippen molar-refractivity contribution >= 4 is 11.9 Å². The number of hydrogen-bond donors (Lipinski definition) is 1. The number of hydrogen-bond acceptors (Lipinski definition) is 4. The van der Waals surface area contributed by atoms with Crippen LogP contribution >= 0.6 is 0 Å². The van der Waals surface area contributed by atoms with Gasteiger partial charge in [-0.25, -0.2) is 9.59 Å². The minimum atomic E-state index is -0.963. The number of ether oxygens (including phenoxy) is 2. The van der Waals surface area contributed by atoms with Gasteiger partial charge >= 0.3 is 11.9 Å². The molecule has 5 heteroatoms. The molecule has 0 radical (unpaired) electrons. The van der Waals surface area contributed by atoms with Crippen LogP contribution in [0.5, 0.6) is 5.75 Å². The highest BCUT2D eigenvalue weighted by molar-refractivity contribution is 5.92. The lowest BCUT2D eigenvalue weighted by molar-refractivity contribution is 0.0525. The molecule has 1 N–H and O–H groups in total. The summed E-state index contributed by atoms with van der Waals surface area (Å²) >= 11 is 0. The zero-order chi connectivity index (χ0) is 21.5. The van der Waals surface area contributed by atoms with Gasteiger partial charge in [0.25, 0.3) is 0 Å². The summed E-state index contributed by atoms with van der Waals surface area (Å²) < 4.78 is 11.2. The molecule has 0 saturated carbocycles. The summed E-state index contributed by atoms with van der Waals surface area (Å²) in [5.74, 6) is -0.690. The number of aromatic carboxylic acids is 1. The standard InChI is InChI=1S/C25H24O5/c1-3-18-7-5-6-8-21(18)22-15-20(25(28)29-4-2)13-14-23(22)30-16-17-9-11-19(12-10-17)24(26)27/h5-15H,3-4,16H2,1-2H3,(H,26,27). The van der Waals surface area contributed by atoms with E-state index in [1.165, 1.54) is 0 Å². The maximum Gasteiger partial charge on any atom is 0.338 e. The Morgan fingerprint density at radius 3 is 2.23 bits per heavy atom. The van der Waals surface area contributed by atoms with Crippen molar-refractivity contribution in [2.45, 2.75) is 26.9 Å². The molecule has 0 bridgehead atoms. The Morgan fingerprint density at radius 1 is 0.867 bits per heavy atom. The summed E-state index contributed by atoms with van der Waals surface area (Å²) in [5.41, 5.74) is 4.52. The third-order valence-corrected chi connectivity index (χ3v) is 4.77. The molecule has 0 aliphatic heterocycles. The average Bonchev–Trinajstić information content (AvgIpc) is 2.78. The predicted molar refractivity (Wildman–Crippen MR) is 115 cm³/mol. The molecule has 3 aromatic rings. The number of carbonyl (C=O) groups excluding carboxylic acids is 1. The highest BCUT2D eigenvalue weighted by atomic mass is 16.5. The first-order valence-electron chi connectivity index (χ1n) is 9.88. The average molecular weight is 404 g/mol. The van der Waals surface area contributed by atoms with Gasteiger partial charge in [-0.05, 0) is 60.4 Å². The molecular formula is C25H24O5. The molecule has 0 heterocycles. The number of rotatable bonds is 8. The van der Waals surface area contributed by atoms with Crippen LogP contribution in [0.2, 0.25) is 0 Å². The van der Waals surface area contributed by atoms with Crippen LogP contribution in [0.15, 0.2) is 66.7 Å². The molecule has 3 rings (SSSR count). The Kier molecular flexibility index (Phi) is 6.86. The van der Waals surface area contributed by atoms with Crippen LogP contribution in [0.4, 0.5) is 0 Å². The number of carboxylic acid groups (broad SMARTS) is 1. The van der Waals surface area contributed by atoms with E-state index in [0.29, 0.717) is 17.9 Å². The first kappa shape index (κ1) is 21.1. The third kappa shape index (κ3) is 4.87. The van der Waals surface area contributed by atoms with Gasteiger partial charge in [-0.1, -0.05) is 43.3 Å². The van der Waals surface area contributed by atoms with E-state index in [9.17, 15) is 9.59 Å². The van der Waals surface area contributed by atoms with E-state index in [4.69, 9.17) is 14.6 Å². The number of carboxylic acids is 1. The van der Waals surface area contributed by atoms with Gasteiger partial charge in [-0.2, -0.15) is 0 Å². The van der Waals surface area contributed by atoms with Crippen molar-refractivity contribution in [3.8, 4) is 16.9 Å². The van der Waals surface area contributed by atoms with Gasteiger partial charge in [0.1, 0.15) is 12.4 Å². The van der Waals surface area contributed by atoms with Gasteiger partial charge in [-0.3, -0.25) is 0 Å². The summed E-state index contributed by atoms with van der Waals surface area (Å²) in [5, 5.41) is 9.04. The summed E-state index contributed by atoms with van der Waals surface area (Å²) in [6.45, 7) is 4.45. The molecule has 0 fully saturated rings. The molecule has 0 aromatic heterocycles. The smallest absolute Gasteiger partial charge is 0.338 e. The first-order chi connectivity index (χ1) is 14.5. The molecule has 5 nitrogen and oxygen atoms in total. The van der Waals surface area contributed by atoms with E-state index in [1.54, 1.807) is 49.4 Å². The number of carbonyl (C=O) groups is 2. The van der Waals surface area contributed by atoms with Crippen molar-refractivity contribution in [1.29, 1.82) is 0 Å². The van der Waals surface area contributed by atoms with E-state index < -0.39 is 5.97 Å². The normalized spacial score (nSPS) is 10.5. The van der Waals surface area contributed by atoms with Crippen molar-refractivity contribution < 1.29 is 24.2 Å². The minimum Gasteiger partial charge on any atom is -0.488 e. The molecule has 3 aromatic carbocycles.